The van der Waals surface area contributed by atoms with Crippen molar-refractivity contribution in [2.45, 2.75) is 18.5 Å². The van der Waals surface area contributed by atoms with Gasteiger partial charge in [-0.15, -0.1) is 0 Å². The molecular weight excluding hydrogens is 343 g/mol. The number of nitrogen functional groups attached to an aromatic ring is 1. The molecule has 0 saturated carbocycles. The molecule has 0 fully saturated rings. The number of nitrogens with two attached hydrogens (primary N) is 1. The van der Waals surface area contributed by atoms with Crippen LogP contribution in [0.3, 0.4) is 0 Å². The molecule has 0 saturated heterocycles. The Bertz CT molecular complexity index is 833. The normalized spacial score (nSPS) is 17.8. The molecule has 0 radical (unpaired) electrons. The van der Waals surface area contributed by atoms with Gasteiger partial charge in [-0.1, -0.05) is 23.8 Å². The van der Waals surface area contributed by atoms with Crippen LogP contribution in [0.15, 0.2) is 41.7 Å². The van der Waals surface area contributed by atoms with Crippen molar-refractivity contribution in [2.75, 3.05) is 12.3 Å². The second-order valence-corrected chi connectivity index (χ2v) is 5.83. The molecule has 2 aromatic rings. The summed E-state index contributed by atoms with van der Waals surface area (Å²) in [6.45, 7) is -1.38. The average molecular weight is 356 g/mol. The van der Waals surface area contributed by atoms with Crippen molar-refractivity contribution in [1.82, 2.24) is 9.97 Å². The maximum absolute atomic E-state index is 12.5. The summed E-state index contributed by atoms with van der Waals surface area (Å²) >= 11 is 6.08. The molecule has 1 atom stereocenters. The maximum atomic E-state index is 12.5. The highest BCUT2D eigenvalue weighted by molar-refractivity contribution is 6.29. The van der Waals surface area contributed by atoms with Crippen molar-refractivity contribution in [1.29, 1.82) is 0 Å². The van der Waals surface area contributed by atoms with E-state index in [4.69, 9.17) is 22.1 Å². The zero-order valence-electron chi connectivity index (χ0n) is 12.3. The van der Waals surface area contributed by atoms with Crippen molar-refractivity contribution in [2.24, 2.45) is 0 Å². The average Bonchev–Trinajstić information content (AvgIpc) is 2.52. The van der Waals surface area contributed by atoms with E-state index in [-0.39, 0.29) is 17.5 Å². The Balaban J connectivity index is 2.12. The van der Waals surface area contributed by atoms with Crippen molar-refractivity contribution in [3.63, 3.8) is 0 Å². The van der Waals surface area contributed by atoms with Gasteiger partial charge in [-0.05, 0) is 24.6 Å². The number of anilines is 1. The number of fused-ring (bicyclic) bond motifs is 1. The van der Waals surface area contributed by atoms with Crippen LogP contribution in [0.2, 0.25) is 0 Å². The van der Waals surface area contributed by atoms with E-state index in [0.717, 1.165) is 0 Å². The van der Waals surface area contributed by atoms with Crippen LogP contribution in [0, 0.1) is 0 Å². The molecule has 1 aromatic carbocycles. The molecule has 1 unspecified atom stereocenters. The van der Waals surface area contributed by atoms with E-state index in [1.165, 1.54) is 12.4 Å². The number of hydrogen-bond acceptors (Lipinski definition) is 4. The number of benzene rings is 1. The number of allylic oxidation sites excluding steroid dienone is 4. The molecule has 2 N–H and O–H groups in total. The van der Waals surface area contributed by atoms with Crippen LogP contribution in [0.25, 0.3) is 10.9 Å². The molecule has 0 amide bonds. The van der Waals surface area contributed by atoms with Gasteiger partial charge in [0.25, 0.3) is 0 Å². The van der Waals surface area contributed by atoms with Crippen LogP contribution in [-0.2, 0) is 0 Å². The lowest BCUT2D eigenvalue weighted by Crippen LogP contribution is -2.20. The Labute approximate surface area is 140 Å². The second kappa shape index (κ2) is 6.32. The highest BCUT2D eigenvalue weighted by Gasteiger charge is 2.30. The topological polar surface area (TPSA) is 61.0 Å². The van der Waals surface area contributed by atoms with Gasteiger partial charge in [0.05, 0.1) is 5.52 Å². The highest BCUT2D eigenvalue weighted by Crippen LogP contribution is 2.40. The standard InChI is InChI=1S/C16H13ClF3N3O/c17-10-3-1-2-9(6-10)13-12(24-7-16(18,19)20)5-4-11-14(13)22-8-23-15(11)21/h1-5,8-9H,6-7H2,(H2,21,22,23). The zero-order chi connectivity index (χ0) is 17.3. The van der Waals surface area contributed by atoms with Crippen LogP contribution >= 0.6 is 11.6 Å². The number of rotatable bonds is 3. The molecule has 24 heavy (non-hydrogen) atoms. The Morgan fingerprint density at radius 2 is 2.08 bits per heavy atom. The summed E-state index contributed by atoms with van der Waals surface area (Å²) in [7, 11) is 0. The van der Waals surface area contributed by atoms with E-state index in [2.05, 4.69) is 9.97 Å². The van der Waals surface area contributed by atoms with Crippen molar-refractivity contribution >= 4 is 28.3 Å². The highest BCUT2D eigenvalue weighted by atomic mass is 35.5. The first-order valence-corrected chi connectivity index (χ1v) is 7.48. The summed E-state index contributed by atoms with van der Waals surface area (Å²) in [5, 5.41) is 1.16. The van der Waals surface area contributed by atoms with Gasteiger partial charge in [-0.2, -0.15) is 13.2 Å². The summed E-state index contributed by atoms with van der Waals surface area (Å²) < 4.78 is 42.6. The molecular formula is C16H13ClF3N3O. The smallest absolute Gasteiger partial charge is 0.422 e. The first-order valence-electron chi connectivity index (χ1n) is 7.10. The minimum absolute atomic E-state index is 0.110. The molecule has 0 aliphatic heterocycles. The van der Waals surface area contributed by atoms with Gasteiger partial charge in [0.2, 0.25) is 0 Å². The predicted octanol–water partition coefficient (Wildman–Crippen LogP) is 4.32. The number of alkyl halides is 3. The first-order chi connectivity index (χ1) is 11.3. The Morgan fingerprint density at radius 3 is 2.79 bits per heavy atom. The van der Waals surface area contributed by atoms with Crippen molar-refractivity contribution < 1.29 is 17.9 Å². The minimum atomic E-state index is -4.43. The lowest BCUT2D eigenvalue weighted by molar-refractivity contribution is -0.153. The molecule has 1 aliphatic carbocycles. The number of ether oxygens (including phenoxy) is 1. The molecule has 0 spiro atoms. The SMILES string of the molecule is Nc1ncnc2c(C3C=CC=C(Cl)C3)c(OCC(F)(F)F)ccc12. The fourth-order valence-corrected chi connectivity index (χ4v) is 2.87. The molecule has 3 rings (SSSR count). The van der Waals surface area contributed by atoms with Crippen LogP contribution in [0.4, 0.5) is 19.0 Å². The molecule has 1 aromatic heterocycles. The number of aromatic nitrogens is 2. The largest absolute Gasteiger partial charge is 0.484 e. The van der Waals surface area contributed by atoms with Gasteiger partial charge in [0.15, 0.2) is 6.61 Å². The van der Waals surface area contributed by atoms with Crippen LogP contribution in [0.5, 0.6) is 5.75 Å². The third kappa shape index (κ3) is 3.46. The second-order valence-electron chi connectivity index (χ2n) is 5.35. The number of nitrogens with zero attached hydrogens (tertiary/aromatic N) is 2. The van der Waals surface area contributed by atoms with E-state index in [1.807, 2.05) is 6.08 Å². The van der Waals surface area contributed by atoms with E-state index in [9.17, 15) is 13.2 Å². The van der Waals surface area contributed by atoms with Gasteiger partial charge in [0.1, 0.15) is 17.9 Å². The fraction of sp³-hybridized carbons (Fsp3) is 0.250. The fourth-order valence-electron chi connectivity index (χ4n) is 2.64. The van der Waals surface area contributed by atoms with Gasteiger partial charge in [-0.3, -0.25) is 0 Å². The molecule has 8 heteroatoms. The summed E-state index contributed by atoms with van der Waals surface area (Å²) in [5.74, 6) is 0.104. The van der Waals surface area contributed by atoms with Crippen LogP contribution < -0.4 is 10.5 Å². The monoisotopic (exact) mass is 355 g/mol. The summed E-state index contributed by atoms with van der Waals surface area (Å²) in [6.07, 6.45) is 2.63. The number of halogens is 4. The molecule has 1 aliphatic rings. The van der Waals surface area contributed by atoms with Crippen LogP contribution in [-0.4, -0.2) is 22.8 Å². The third-order valence-corrected chi connectivity index (χ3v) is 3.91. The Kier molecular flexibility index (Phi) is 4.36. The quantitative estimate of drug-likeness (QED) is 0.890. The Hall–Kier alpha value is -2.28. The maximum Gasteiger partial charge on any atom is 0.422 e. The van der Waals surface area contributed by atoms with E-state index in [1.54, 1.807) is 18.2 Å². The predicted molar refractivity (Wildman–Crippen MR) is 85.9 cm³/mol. The van der Waals surface area contributed by atoms with E-state index in [0.29, 0.717) is 27.9 Å². The Morgan fingerprint density at radius 1 is 1.29 bits per heavy atom. The zero-order valence-corrected chi connectivity index (χ0v) is 13.1. The first kappa shape index (κ1) is 16.6. The number of hydrogen-bond donors (Lipinski definition) is 1. The van der Waals surface area contributed by atoms with Gasteiger partial charge >= 0.3 is 6.18 Å². The summed E-state index contributed by atoms with van der Waals surface area (Å²) in [6, 6.07) is 3.02. The molecule has 1 heterocycles. The molecule has 0 bridgehead atoms. The van der Waals surface area contributed by atoms with Crippen molar-refractivity contribution in [3.8, 4) is 5.75 Å². The molecule has 126 valence electrons. The van der Waals surface area contributed by atoms with Gasteiger partial charge in [0, 0.05) is 21.9 Å². The lowest BCUT2D eigenvalue weighted by Gasteiger charge is -2.21. The third-order valence-electron chi connectivity index (χ3n) is 3.63. The van der Waals surface area contributed by atoms with Gasteiger partial charge in [-0.25, -0.2) is 9.97 Å². The molecule has 4 nitrogen and oxygen atoms in total. The minimum Gasteiger partial charge on any atom is -0.484 e. The summed E-state index contributed by atoms with van der Waals surface area (Å²) in [5.41, 5.74) is 6.83. The van der Waals surface area contributed by atoms with Crippen LogP contribution in [0.1, 0.15) is 17.9 Å². The van der Waals surface area contributed by atoms with Crippen molar-refractivity contribution in [3.05, 3.63) is 47.3 Å². The van der Waals surface area contributed by atoms with E-state index >= 15 is 0 Å². The van der Waals surface area contributed by atoms with E-state index < -0.39 is 12.8 Å². The van der Waals surface area contributed by atoms with Gasteiger partial charge < -0.3 is 10.5 Å². The summed E-state index contributed by atoms with van der Waals surface area (Å²) in [4.78, 5) is 8.11. The lowest BCUT2D eigenvalue weighted by atomic mass is 9.90.